The minimum absolute atomic E-state index is 0.0678. The van der Waals surface area contributed by atoms with Crippen molar-refractivity contribution in [2.75, 3.05) is 6.61 Å². The van der Waals surface area contributed by atoms with Crippen LogP contribution in [0.3, 0.4) is 0 Å². The maximum atomic E-state index is 13.4. The third kappa shape index (κ3) is 3.76. The summed E-state index contributed by atoms with van der Waals surface area (Å²) in [5.74, 6) is -0.125. The molecule has 0 aromatic heterocycles. The van der Waals surface area contributed by atoms with Gasteiger partial charge in [0.15, 0.2) is 5.83 Å². The number of aliphatic hydroxyl groups excluding tert-OH is 1. The Morgan fingerprint density at radius 2 is 2.20 bits per heavy atom. The molecule has 0 aliphatic heterocycles. The first kappa shape index (κ1) is 17.0. The van der Waals surface area contributed by atoms with Crippen LogP contribution < -0.4 is 0 Å². The van der Waals surface area contributed by atoms with Crippen LogP contribution in [0.4, 0.5) is 4.39 Å². The monoisotopic (exact) mass is 320 g/mol. The summed E-state index contributed by atoms with van der Waals surface area (Å²) in [6.07, 6.45) is 6.09. The molecule has 0 aromatic rings. The van der Waals surface area contributed by atoms with E-state index < -0.39 is 30.4 Å². The molecular formula is C14H15Cl2FO3. The molecule has 1 fully saturated rings. The van der Waals surface area contributed by atoms with E-state index >= 15 is 0 Å². The molecule has 1 rings (SSSR count). The fourth-order valence-electron chi connectivity index (χ4n) is 2.13. The summed E-state index contributed by atoms with van der Waals surface area (Å²) in [6.45, 7) is 3.17. The van der Waals surface area contributed by atoms with Crippen LogP contribution in [0.25, 0.3) is 0 Å². The van der Waals surface area contributed by atoms with E-state index in [2.05, 4.69) is 0 Å². The van der Waals surface area contributed by atoms with Crippen molar-refractivity contribution in [3.8, 4) is 12.3 Å². The smallest absolute Gasteiger partial charge is 0.311 e. The van der Waals surface area contributed by atoms with Crippen molar-refractivity contribution in [2.24, 2.45) is 17.3 Å². The van der Waals surface area contributed by atoms with Gasteiger partial charge in [0, 0.05) is 0 Å². The second-order valence-corrected chi connectivity index (χ2v) is 6.04. The van der Waals surface area contributed by atoms with E-state index in [-0.39, 0.29) is 15.8 Å². The van der Waals surface area contributed by atoms with Crippen LogP contribution in [0.15, 0.2) is 22.5 Å². The summed E-state index contributed by atoms with van der Waals surface area (Å²) < 4.78 is 18.4. The second-order valence-electron chi connectivity index (χ2n) is 5.04. The van der Waals surface area contributed by atoms with Crippen LogP contribution in [-0.4, -0.2) is 23.8 Å². The van der Waals surface area contributed by atoms with Gasteiger partial charge in [-0.1, -0.05) is 43.0 Å². The number of allylic oxidation sites excluding steroid dienone is 1. The zero-order chi connectivity index (χ0) is 15.5. The molecule has 0 amide bonds. The maximum absolute atomic E-state index is 13.4. The number of aliphatic hydroxyl groups is 1. The molecule has 6 heteroatoms. The zero-order valence-electron chi connectivity index (χ0n) is 11.1. The Balaban J connectivity index is 2.76. The van der Waals surface area contributed by atoms with Crippen molar-refractivity contribution in [1.29, 1.82) is 0 Å². The van der Waals surface area contributed by atoms with Gasteiger partial charge in [-0.25, -0.2) is 4.39 Å². The van der Waals surface area contributed by atoms with Gasteiger partial charge < -0.3 is 9.84 Å². The number of halogens is 3. The van der Waals surface area contributed by atoms with Gasteiger partial charge in [-0.3, -0.25) is 4.79 Å². The van der Waals surface area contributed by atoms with Gasteiger partial charge in [-0.05, 0) is 23.5 Å². The third-order valence-corrected chi connectivity index (χ3v) is 3.64. The highest BCUT2D eigenvalue weighted by molar-refractivity contribution is 6.55. The Bertz CT molecular complexity index is 487. The van der Waals surface area contributed by atoms with Crippen molar-refractivity contribution in [3.05, 3.63) is 22.5 Å². The number of ether oxygens (including phenoxy) is 1. The molecule has 0 heterocycles. The molecule has 1 aliphatic rings. The standard InChI is InChI=1S/C14H15Cl2FO3/c1-4-10(9(17)5-6-18)20-13(19)12-8(7-11(15)16)14(12,2)3/h1,5,7-8,10,12,18H,6H2,2-3H3. The summed E-state index contributed by atoms with van der Waals surface area (Å²) in [6, 6.07) is 0. The van der Waals surface area contributed by atoms with Crippen LogP contribution in [0, 0.1) is 29.6 Å². The quantitative estimate of drug-likeness (QED) is 0.625. The van der Waals surface area contributed by atoms with Crippen molar-refractivity contribution >= 4 is 29.2 Å². The fraction of sp³-hybridized carbons (Fsp3) is 0.500. The average molecular weight is 321 g/mol. The highest BCUT2D eigenvalue weighted by atomic mass is 35.5. The lowest BCUT2D eigenvalue weighted by Gasteiger charge is -2.11. The topological polar surface area (TPSA) is 46.5 Å². The van der Waals surface area contributed by atoms with Crippen molar-refractivity contribution in [3.63, 3.8) is 0 Å². The van der Waals surface area contributed by atoms with Gasteiger partial charge in [0.05, 0.1) is 12.5 Å². The van der Waals surface area contributed by atoms with Gasteiger partial charge in [0.1, 0.15) is 4.49 Å². The maximum Gasteiger partial charge on any atom is 0.311 e. The Morgan fingerprint density at radius 1 is 1.60 bits per heavy atom. The Kier molecular flexibility index (Phi) is 5.64. The van der Waals surface area contributed by atoms with Gasteiger partial charge in [0.2, 0.25) is 6.10 Å². The molecule has 0 radical (unpaired) electrons. The van der Waals surface area contributed by atoms with Crippen LogP contribution in [0.2, 0.25) is 0 Å². The summed E-state index contributed by atoms with van der Waals surface area (Å²) in [7, 11) is 0. The van der Waals surface area contributed by atoms with Gasteiger partial charge in [0.25, 0.3) is 0 Å². The van der Waals surface area contributed by atoms with Crippen LogP contribution >= 0.6 is 23.2 Å². The molecule has 20 heavy (non-hydrogen) atoms. The highest BCUT2D eigenvalue weighted by Crippen LogP contribution is 2.60. The first-order valence-corrected chi connectivity index (χ1v) is 6.67. The molecule has 3 unspecified atom stereocenters. The van der Waals surface area contributed by atoms with E-state index in [9.17, 15) is 9.18 Å². The lowest BCUT2D eigenvalue weighted by molar-refractivity contribution is -0.148. The van der Waals surface area contributed by atoms with Crippen molar-refractivity contribution in [1.82, 2.24) is 0 Å². The first-order valence-electron chi connectivity index (χ1n) is 5.91. The van der Waals surface area contributed by atoms with Crippen molar-refractivity contribution in [2.45, 2.75) is 20.0 Å². The predicted octanol–water partition coefficient (Wildman–Crippen LogP) is 2.97. The van der Waals surface area contributed by atoms with Crippen LogP contribution in [0.5, 0.6) is 0 Å². The minimum Gasteiger partial charge on any atom is -0.441 e. The van der Waals surface area contributed by atoms with Gasteiger partial charge in [-0.2, -0.15) is 0 Å². The van der Waals surface area contributed by atoms with Crippen molar-refractivity contribution < 1.29 is 19.0 Å². The molecule has 3 atom stereocenters. The van der Waals surface area contributed by atoms with Crippen LogP contribution in [-0.2, 0) is 9.53 Å². The number of hydrogen-bond acceptors (Lipinski definition) is 3. The van der Waals surface area contributed by atoms with Gasteiger partial charge in [-0.15, -0.1) is 6.42 Å². The van der Waals surface area contributed by atoms with E-state index in [1.165, 1.54) is 0 Å². The lowest BCUT2D eigenvalue weighted by atomic mass is 10.1. The van der Waals surface area contributed by atoms with Gasteiger partial charge >= 0.3 is 5.97 Å². The zero-order valence-corrected chi connectivity index (χ0v) is 12.6. The Hall–Kier alpha value is -1.02. The number of esters is 1. The highest BCUT2D eigenvalue weighted by Gasteiger charge is 2.62. The molecule has 0 spiro atoms. The number of carbonyl (C=O) groups excluding carboxylic acids is 1. The molecule has 1 saturated carbocycles. The molecule has 1 aliphatic carbocycles. The van der Waals surface area contributed by atoms with E-state index in [1.807, 2.05) is 19.8 Å². The average Bonchev–Trinajstić information content (AvgIpc) is 2.86. The predicted molar refractivity (Wildman–Crippen MR) is 75.5 cm³/mol. The van der Waals surface area contributed by atoms with E-state index in [0.717, 1.165) is 6.08 Å². The Morgan fingerprint density at radius 3 is 2.65 bits per heavy atom. The summed E-state index contributed by atoms with van der Waals surface area (Å²) in [5, 5.41) is 8.60. The summed E-state index contributed by atoms with van der Waals surface area (Å²) in [5.41, 5.74) is -0.373. The Labute approximate surface area is 127 Å². The summed E-state index contributed by atoms with van der Waals surface area (Å²) in [4.78, 5) is 12.0. The number of carbonyl (C=O) groups is 1. The molecule has 110 valence electrons. The molecule has 0 saturated heterocycles. The number of hydrogen-bond donors (Lipinski definition) is 1. The number of terminal acetylenes is 1. The second kappa shape index (κ2) is 6.62. The SMILES string of the molecule is C#CC(OC(=O)C1C(C=C(Cl)Cl)C1(C)C)C(F)=CCO. The molecule has 0 bridgehead atoms. The van der Waals surface area contributed by atoms with E-state index in [0.29, 0.717) is 0 Å². The molecule has 1 N–H and O–H groups in total. The first-order chi connectivity index (χ1) is 9.25. The van der Waals surface area contributed by atoms with Crippen LogP contribution in [0.1, 0.15) is 13.8 Å². The lowest BCUT2D eigenvalue weighted by Crippen LogP contribution is -2.20. The molecule has 0 aromatic carbocycles. The van der Waals surface area contributed by atoms with E-state index in [4.69, 9.17) is 39.5 Å². The summed E-state index contributed by atoms with van der Waals surface area (Å²) >= 11 is 11.2. The normalized spacial score (nSPS) is 25.4. The molecular weight excluding hydrogens is 306 g/mol. The number of rotatable bonds is 5. The fourth-order valence-corrected chi connectivity index (χ4v) is 2.40. The molecule has 3 nitrogen and oxygen atoms in total. The largest absolute Gasteiger partial charge is 0.441 e. The minimum atomic E-state index is -1.43. The van der Waals surface area contributed by atoms with E-state index in [1.54, 1.807) is 6.08 Å². The third-order valence-electron chi connectivity index (χ3n) is 3.39.